The van der Waals surface area contributed by atoms with Gasteiger partial charge in [0.15, 0.2) is 23.1 Å². The molecule has 0 aliphatic carbocycles. The van der Waals surface area contributed by atoms with E-state index in [1.54, 1.807) is 143 Å². The number of aryl methyl sites for hydroxylation is 8. The maximum absolute atomic E-state index is 13.7. The largest absolute Gasteiger partial charge is 0.493 e. The predicted octanol–water partition coefficient (Wildman–Crippen LogP) is 6.57. The van der Waals surface area contributed by atoms with Crippen LogP contribution in [0.4, 0.5) is 57.1 Å². The number of para-hydroxylation sites is 1. The first kappa shape index (κ1) is 73.6. The van der Waals surface area contributed by atoms with Gasteiger partial charge in [0, 0.05) is 142 Å². The maximum Gasteiger partial charge on any atom is 0.406 e. The number of nitrogens with one attached hydrogen (secondary N) is 8. The summed E-state index contributed by atoms with van der Waals surface area (Å²) in [5.74, 6) is -3.58. The maximum atomic E-state index is 13.7. The average Bonchev–Trinajstić information content (AvgIpc) is 1.60. The van der Waals surface area contributed by atoms with Gasteiger partial charge in [-0.3, -0.25) is 48.2 Å². The van der Waals surface area contributed by atoms with Crippen LogP contribution >= 0.6 is 0 Å². The number of fused-ring (bicyclic) bond motifs is 4. The van der Waals surface area contributed by atoms with Crippen LogP contribution in [0.1, 0.15) is 113 Å². The van der Waals surface area contributed by atoms with Crippen molar-refractivity contribution in [1.29, 1.82) is 0 Å². The molecule has 35 nitrogen and oxygen atoms in total. The number of esters is 2. The Bertz CT molecular complexity index is 5190. The molecule has 10 heterocycles. The van der Waals surface area contributed by atoms with Gasteiger partial charge in [0.2, 0.25) is 17.6 Å². The summed E-state index contributed by atoms with van der Waals surface area (Å²) in [7, 11) is 16.4. The Balaban J connectivity index is 0.000000235. The molecular weight excluding hydrogens is 1370 g/mol. The Morgan fingerprint density at radius 2 is 0.915 bits per heavy atom. The number of aliphatic imine (C=N–C) groups is 1. The first-order valence-electron chi connectivity index (χ1n) is 32.7. The number of amides is 8. The fourth-order valence-corrected chi connectivity index (χ4v) is 12.0. The minimum Gasteiger partial charge on any atom is -0.493 e. The topological polar surface area (TPSA) is 405 Å². The molecule has 0 saturated heterocycles. The zero-order chi connectivity index (χ0) is 76.1. The molecule has 9 N–H and O–H groups in total. The van der Waals surface area contributed by atoms with Gasteiger partial charge >= 0.3 is 19.0 Å². The molecule has 0 saturated carbocycles. The van der Waals surface area contributed by atoms with Crippen molar-refractivity contribution in [1.82, 2.24) is 46.5 Å². The SMILES string of the molecule is COC(=O)c1cc(NC(=O)c2cc(NC(=O)c3nc(NC(=O)c4cc(NB(C)O)cn4C)cn3C)cn2C)cn1C.COC(=O)c1cc(NC(=O)c2cc(NC(=O)c3nc(NC(=O)c4cc(NC(=O)CCCOc5cc6c(cc5OC)C(=O)N5c7ccccc7CC5C=N6)cn4C)cn3C)cn2C)cn1C. The second kappa shape index (κ2) is 30.9. The standard InChI is InChI=1S/C45H45N11O9.C25H30BN9O6/c1-52-21-26(47-39(57)12-9-13-65-37-19-31-30(18-36(37)63-5)44(61)56-29(20-46-31)14-25-10-7-8-11-32(25)56)15-34(52)42(59)51-38-24-55(4)40(50-38)43(60)49-27-16-33(53(2)22-27)41(58)48-28-17-35(45(62)64-6)54(3)23-28;1-26(40)31-16-9-18(33(3)12-16)23(37)30-20-13-35(5)21(29-20)24(38)28-14-7-17(32(2)10-14)22(36)27-15-8-19(25(39)41-6)34(4)11-15/h7-8,10-11,15-24,29H,9,12-14H2,1-6H3,(H,47,57)(H,48,58)(H,49,60)(H,51,59);7-13,31,40H,1-6H3,(H,27,36)(H,28,38)(H,30,37). The normalized spacial score (nSPS) is 12.5. The van der Waals surface area contributed by atoms with Crippen LogP contribution in [0, 0.1) is 0 Å². The number of carbonyl (C=O) groups is 10. The van der Waals surface area contributed by atoms with Crippen LogP contribution in [0.25, 0.3) is 0 Å². The summed E-state index contributed by atoms with van der Waals surface area (Å²) in [6.45, 7) is 1.74. The summed E-state index contributed by atoms with van der Waals surface area (Å²) in [5.41, 5.74) is 6.79. The minimum absolute atomic E-state index is 0.0190. The van der Waals surface area contributed by atoms with Crippen molar-refractivity contribution in [3.05, 3.63) is 179 Å². The van der Waals surface area contributed by atoms with E-state index in [9.17, 15) is 53.0 Å². The highest BCUT2D eigenvalue weighted by Gasteiger charge is 2.37. The lowest BCUT2D eigenvalue weighted by atomic mass is 9.89. The number of nitrogens with zero attached hydrogens (tertiary/aromatic N) is 12. The highest BCUT2D eigenvalue weighted by molar-refractivity contribution is 6.52. The van der Waals surface area contributed by atoms with Gasteiger partial charge < -0.3 is 103 Å². The molecule has 2 aromatic carbocycles. The molecule has 0 bridgehead atoms. The van der Waals surface area contributed by atoms with E-state index in [4.69, 9.17) is 18.9 Å². The Kier molecular flexibility index (Phi) is 21.4. The third-order valence-electron chi connectivity index (χ3n) is 17.0. The van der Waals surface area contributed by atoms with Gasteiger partial charge in [0.1, 0.15) is 34.2 Å². The Morgan fingerprint density at radius 1 is 0.500 bits per heavy atom. The van der Waals surface area contributed by atoms with Gasteiger partial charge in [-0.05, 0) is 67.3 Å². The number of benzene rings is 2. The van der Waals surface area contributed by atoms with Crippen LogP contribution < -0.4 is 56.8 Å². The van der Waals surface area contributed by atoms with Crippen LogP contribution in [-0.2, 0) is 77.1 Å². The molecule has 36 heteroatoms. The zero-order valence-corrected chi connectivity index (χ0v) is 59.6. The molecule has 0 spiro atoms. The third-order valence-corrected chi connectivity index (χ3v) is 17.0. The van der Waals surface area contributed by atoms with Gasteiger partial charge in [-0.25, -0.2) is 19.6 Å². The number of carbonyl (C=O) groups excluding carboxylic acids is 10. The van der Waals surface area contributed by atoms with Crippen molar-refractivity contribution in [3.8, 4) is 11.5 Å². The first-order chi connectivity index (χ1) is 50.6. The number of hydrogen-bond acceptors (Lipinski definition) is 19. The molecule has 12 rings (SSSR count). The monoisotopic (exact) mass is 1450 g/mol. The summed E-state index contributed by atoms with van der Waals surface area (Å²) in [6.07, 6.45) is 15.4. The van der Waals surface area contributed by atoms with Crippen molar-refractivity contribution < 1.29 is 71.9 Å². The van der Waals surface area contributed by atoms with E-state index in [-0.39, 0.29) is 82.6 Å². The summed E-state index contributed by atoms with van der Waals surface area (Å²) in [5, 5.41) is 31.4. The van der Waals surface area contributed by atoms with E-state index in [1.807, 2.05) is 24.3 Å². The molecule has 2 aliphatic heterocycles. The molecule has 0 fully saturated rings. The highest BCUT2D eigenvalue weighted by atomic mass is 16.5. The number of ether oxygens (including phenoxy) is 4. The summed E-state index contributed by atoms with van der Waals surface area (Å²) in [6, 6.07) is 20.0. The van der Waals surface area contributed by atoms with E-state index in [0.717, 1.165) is 11.3 Å². The number of imidazole rings is 2. The van der Waals surface area contributed by atoms with E-state index in [1.165, 1.54) is 86.9 Å². The molecule has 1 unspecified atom stereocenters. The van der Waals surface area contributed by atoms with Gasteiger partial charge in [-0.2, -0.15) is 0 Å². The molecule has 0 radical (unpaired) electrons. The van der Waals surface area contributed by atoms with Crippen LogP contribution in [0.5, 0.6) is 11.5 Å². The number of methoxy groups -OCH3 is 3. The molecule has 548 valence electrons. The van der Waals surface area contributed by atoms with Gasteiger partial charge in [0.25, 0.3) is 41.4 Å². The van der Waals surface area contributed by atoms with E-state index >= 15 is 0 Å². The fraction of sp³-hybridized carbons (Fsp3) is 0.243. The van der Waals surface area contributed by atoms with E-state index in [0.29, 0.717) is 75.4 Å². The molecule has 1 atom stereocenters. The van der Waals surface area contributed by atoms with Crippen LogP contribution in [0.2, 0.25) is 6.82 Å². The van der Waals surface area contributed by atoms with Crippen LogP contribution in [0.15, 0.2) is 127 Å². The van der Waals surface area contributed by atoms with Crippen LogP contribution in [0.3, 0.4) is 0 Å². The number of aromatic nitrogens is 10. The summed E-state index contributed by atoms with van der Waals surface area (Å²) in [4.78, 5) is 144. The first-order valence-corrected chi connectivity index (χ1v) is 32.7. The van der Waals surface area contributed by atoms with Gasteiger partial charge in [-0.1, -0.05) is 18.2 Å². The van der Waals surface area contributed by atoms with E-state index < -0.39 is 54.4 Å². The van der Waals surface area contributed by atoms with E-state index in [2.05, 4.69) is 57.4 Å². The molecule has 2 aliphatic rings. The smallest absolute Gasteiger partial charge is 0.406 e. The van der Waals surface area contributed by atoms with Gasteiger partial charge in [-0.15, -0.1) is 0 Å². The van der Waals surface area contributed by atoms with Crippen LogP contribution in [-0.4, -0.2) is 158 Å². The lowest BCUT2D eigenvalue weighted by Gasteiger charge is -2.22. The van der Waals surface area contributed by atoms with Crippen molar-refractivity contribution in [2.75, 3.05) is 75.3 Å². The number of rotatable bonds is 23. The Morgan fingerprint density at radius 3 is 1.38 bits per heavy atom. The van der Waals surface area contributed by atoms with Crippen molar-refractivity contribution in [2.45, 2.75) is 32.1 Å². The quantitative estimate of drug-likeness (QED) is 0.0186. The second-order valence-corrected chi connectivity index (χ2v) is 24.9. The molecule has 106 heavy (non-hydrogen) atoms. The third kappa shape index (κ3) is 16.1. The van der Waals surface area contributed by atoms with Gasteiger partial charge in [0.05, 0.1) is 73.7 Å². The minimum atomic E-state index is -0.787. The van der Waals surface area contributed by atoms with Crippen molar-refractivity contribution in [2.24, 2.45) is 61.4 Å². The van der Waals surface area contributed by atoms with Crippen molar-refractivity contribution in [3.63, 3.8) is 0 Å². The van der Waals surface area contributed by atoms with Crippen molar-refractivity contribution >= 4 is 130 Å². The predicted molar refractivity (Wildman–Crippen MR) is 392 cm³/mol. The second-order valence-electron chi connectivity index (χ2n) is 24.9. The summed E-state index contributed by atoms with van der Waals surface area (Å²) >= 11 is 0. The molecule has 8 aromatic heterocycles. The zero-order valence-electron chi connectivity index (χ0n) is 59.6. The number of anilines is 9. The number of hydrogen-bond donors (Lipinski definition) is 9. The lowest BCUT2D eigenvalue weighted by Crippen LogP contribution is -2.37. The fourth-order valence-electron chi connectivity index (χ4n) is 12.0. The molecule has 8 amide bonds. The average molecular weight is 1450 g/mol. The molecular formula is C70H75BN20O15. The summed E-state index contributed by atoms with van der Waals surface area (Å²) < 4.78 is 33.2. The Hall–Kier alpha value is -13.7. The molecule has 10 aromatic rings. The lowest BCUT2D eigenvalue weighted by molar-refractivity contribution is -0.116. The highest BCUT2D eigenvalue weighted by Crippen LogP contribution is 2.41. The Labute approximate surface area is 605 Å².